The third-order valence-electron chi connectivity index (χ3n) is 5.00. The molecule has 0 saturated carbocycles. The van der Waals surface area contributed by atoms with Gasteiger partial charge in [-0.25, -0.2) is 0 Å². The van der Waals surface area contributed by atoms with Crippen LogP contribution in [0.1, 0.15) is 11.1 Å². The summed E-state index contributed by atoms with van der Waals surface area (Å²) < 4.78 is 2.34. The zero-order valence-electron chi connectivity index (χ0n) is 14.9. The number of hydrogen-bond acceptors (Lipinski definition) is 0. The first-order valence-electron chi connectivity index (χ1n) is 9.22. The van der Waals surface area contributed by atoms with Gasteiger partial charge in [0.1, 0.15) is 0 Å². The summed E-state index contributed by atoms with van der Waals surface area (Å²) in [6, 6.07) is 36.4. The number of rotatable bonds is 3. The van der Waals surface area contributed by atoms with Crippen LogP contribution in [0.25, 0.3) is 39.6 Å². The third kappa shape index (κ3) is 2.84. The number of fused-ring (bicyclic) bond motifs is 3. The molecular weight excluding hydrogens is 326 g/mol. The van der Waals surface area contributed by atoms with Crippen molar-refractivity contribution >= 4 is 34.0 Å². The van der Waals surface area contributed by atoms with Crippen LogP contribution in [0.2, 0.25) is 0 Å². The molecule has 0 unspecified atom stereocenters. The van der Waals surface area contributed by atoms with E-state index in [0.717, 1.165) is 0 Å². The molecule has 0 N–H and O–H groups in total. The summed E-state index contributed by atoms with van der Waals surface area (Å²) in [7, 11) is 0. The van der Waals surface area contributed by atoms with Crippen molar-refractivity contribution in [2.75, 3.05) is 0 Å². The molecule has 1 heteroatoms. The molecular formula is C26H19N. The first-order chi connectivity index (χ1) is 13.4. The average molecular weight is 345 g/mol. The molecule has 0 aliphatic heterocycles. The second kappa shape index (κ2) is 6.62. The molecule has 1 nitrogen and oxygen atoms in total. The van der Waals surface area contributed by atoms with Crippen molar-refractivity contribution in [2.24, 2.45) is 0 Å². The molecule has 27 heavy (non-hydrogen) atoms. The van der Waals surface area contributed by atoms with Crippen LogP contribution in [0.4, 0.5) is 0 Å². The number of nitrogens with zero attached hydrogens (tertiary/aromatic N) is 1. The molecule has 5 rings (SSSR count). The van der Waals surface area contributed by atoms with E-state index in [9.17, 15) is 0 Å². The van der Waals surface area contributed by atoms with Gasteiger partial charge in [0.15, 0.2) is 0 Å². The zero-order valence-corrected chi connectivity index (χ0v) is 14.9. The monoisotopic (exact) mass is 345 g/mol. The Morgan fingerprint density at radius 2 is 0.926 bits per heavy atom. The fourth-order valence-corrected chi connectivity index (χ4v) is 3.69. The number of aromatic nitrogens is 1. The fourth-order valence-electron chi connectivity index (χ4n) is 3.69. The largest absolute Gasteiger partial charge is 0.309 e. The SMILES string of the molecule is C(=Cc1ccc(-n2c3ccccc3c3ccccc32)cc1)c1ccccc1. The predicted octanol–water partition coefficient (Wildman–Crippen LogP) is 6.95. The Bertz CT molecular complexity index is 1190. The van der Waals surface area contributed by atoms with Crippen molar-refractivity contribution in [3.63, 3.8) is 0 Å². The lowest BCUT2D eigenvalue weighted by Gasteiger charge is -2.08. The first-order valence-corrected chi connectivity index (χ1v) is 9.22. The first kappa shape index (κ1) is 15.7. The summed E-state index contributed by atoms with van der Waals surface area (Å²) in [5, 5.41) is 2.59. The molecule has 0 bridgehead atoms. The Balaban J connectivity index is 1.58. The summed E-state index contributed by atoms with van der Waals surface area (Å²) in [4.78, 5) is 0. The van der Waals surface area contributed by atoms with E-state index in [4.69, 9.17) is 0 Å². The van der Waals surface area contributed by atoms with E-state index in [2.05, 4.69) is 114 Å². The fraction of sp³-hybridized carbons (Fsp3) is 0. The lowest BCUT2D eigenvalue weighted by atomic mass is 10.1. The predicted molar refractivity (Wildman–Crippen MR) is 116 cm³/mol. The molecule has 0 spiro atoms. The second-order valence-electron chi connectivity index (χ2n) is 6.71. The number of benzene rings is 4. The van der Waals surface area contributed by atoms with Crippen LogP contribution in [-0.2, 0) is 0 Å². The van der Waals surface area contributed by atoms with Gasteiger partial charge in [-0.2, -0.15) is 0 Å². The zero-order chi connectivity index (χ0) is 18.1. The highest BCUT2D eigenvalue weighted by atomic mass is 15.0. The van der Waals surface area contributed by atoms with Gasteiger partial charge in [0.25, 0.3) is 0 Å². The van der Waals surface area contributed by atoms with E-state index < -0.39 is 0 Å². The van der Waals surface area contributed by atoms with Crippen LogP contribution < -0.4 is 0 Å². The summed E-state index contributed by atoms with van der Waals surface area (Å²) >= 11 is 0. The van der Waals surface area contributed by atoms with Gasteiger partial charge < -0.3 is 4.57 Å². The van der Waals surface area contributed by atoms with E-state index in [1.54, 1.807) is 0 Å². The number of hydrogen-bond donors (Lipinski definition) is 0. The lowest BCUT2D eigenvalue weighted by Crippen LogP contribution is -1.93. The smallest absolute Gasteiger partial charge is 0.0541 e. The van der Waals surface area contributed by atoms with Crippen LogP contribution in [0.5, 0.6) is 0 Å². The van der Waals surface area contributed by atoms with Crippen LogP contribution in [0, 0.1) is 0 Å². The van der Waals surface area contributed by atoms with Crippen molar-refractivity contribution in [2.45, 2.75) is 0 Å². The van der Waals surface area contributed by atoms with Gasteiger partial charge in [-0.1, -0.05) is 91.0 Å². The third-order valence-corrected chi connectivity index (χ3v) is 5.00. The Labute approximate surface area is 158 Å². The minimum Gasteiger partial charge on any atom is -0.309 e. The van der Waals surface area contributed by atoms with Gasteiger partial charge in [0, 0.05) is 16.5 Å². The number of para-hydroxylation sites is 2. The molecule has 0 saturated heterocycles. The highest BCUT2D eigenvalue weighted by Crippen LogP contribution is 2.31. The Kier molecular flexibility index (Phi) is 3.84. The van der Waals surface area contributed by atoms with Gasteiger partial charge >= 0.3 is 0 Å². The lowest BCUT2D eigenvalue weighted by molar-refractivity contribution is 1.18. The minimum atomic E-state index is 1.18. The van der Waals surface area contributed by atoms with Crippen molar-refractivity contribution in [3.8, 4) is 5.69 Å². The van der Waals surface area contributed by atoms with Crippen molar-refractivity contribution < 1.29 is 0 Å². The Morgan fingerprint density at radius 1 is 0.444 bits per heavy atom. The standard InChI is InChI=1S/C26H19N/c1-2-8-20(9-3-1)14-15-21-16-18-22(19-17-21)27-25-12-6-4-10-23(25)24-11-5-7-13-26(24)27/h1-19H. The molecule has 1 aromatic heterocycles. The molecule has 0 radical (unpaired) electrons. The normalized spacial score (nSPS) is 11.6. The quantitative estimate of drug-likeness (QED) is 0.312. The highest BCUT2D eigenvalue weighted by molar-refractivity contribution is 6.09. The second-order valence-corrected chi connectivity index (χ2v) is 6.71. The Hall–Kier alpha value is -3.58. The Morgan fingerprint density at radius 3 is 1.52 bits per heavy atom. The summed E-state index contributed by atoms with van der Waals surface area (Å²) in [6.45, 7) is 0. The van der Waals surface area contributed by atoms with Crippen LogP contribution in [-0.4, -0.2) is 4.57 Å². The van der Waals surface area contributed by atoms with Gasteiger partial charge in [0.2, 0.25) is 0 Å². The van der Waals surface area contributed by atoms with E-state index in [1.165, 1.54) is 38.6 Å². The van der Waals surface area contributed by atoms with Crippen molar-refractivity contribution in [3.05, 3.63) is 114 Å². The maximum absolute atomic E-state index is 2.34. The molecule has 0 aliphatic rings. The maximum Gasteiger partial charge on any atom is 0.0541 e. The molecule has 0 aliphatic carbocycles. The molecule has 0 atom stereocenters. The van der Waals surface area contributed by atoms with Gasteiger partial charge in [0.05, 0.1) is 11.0 Å². The average Bonchev–Trinajstić information content (AvgIpc) is 3.08. The van der Waals surface area contributed by atoms with Crippen LogP contribution in [0.15, 0.2) is 103 Å². The molecule has 128 valence electrons. The van der Waals surface area contributed by atoms with Crippen molar-refractivity contribution in [1.82, 2.24) is 4.57 Å². The summed E-state index contributed by atoms with van der Waals surface area (Å²) in [5.74, 6) is 0. The molecule has 4 aromatic carbocycles. The topological polar surface area (TPSA) is 4.93 Å². The summed E-state index contributed by atoms with van der Waals surface area (Å²) in [6.07, 6.45) is 4.31. The van der Waals surface area contributed by atoms with Crippen LogP contribution >= 0.6 is 0 Å². The van der Waals surface area contributed by atoms with Gasteiger partial charge in [-0.3, -0.25) is 0 Å². The van der Waals surface area contributed by atoms with Crippen molar-refractivity contribution in [1.29, 1.82) is 0 Å². The van der Waals surface area contributed by atoms with E-state index in [0.29, 0.717) is 0 Å². The van der Waals surface area contributed by atoms with E-state index in [1.807, 2.05) is 6.07 Å². The van der Waals surface area contributed by atoms with E-state index >= 15 is 0 Å². The van der Waals surface area contributed by atoms with Gasteiger partial charge in [-0.05, 0) is 35.4 Å². The highest BCUT2D eigenvalue weighted by Gasteiger charge is 2.10. The van der Waals surface area contributed by atoms with E-state index in [-0.39, 0.29) is 0 Å². The minimum absolute atomic E-state index is 1.18. The molecule has 0 fully saturated rings. The summed E-state index contributed by atoms with van der Waals surface area (Å²) in [5.41, 5.74) is 6.08. The molecule has 0 amide bonds. The van der Waals surface area contributed by atoms with Crippen LogP contribution in [0.3, 0.4) is 0 Å². The molecule has 1 heterocycles. The maximum atomic E-state index is 2.34. The molecule has 5 aromatic rings. The van der Waals surface area contributed by atoms with Gasteiger partial charge in [-0.15, -0.1) is 0 Å².